The molecule has 0 bridgehead atoms. The molecular formula is C32H35BClFN5O15PS. The first-order valence-corrected chi connectivity index (χ1v) is 20.5. The number of hydrogen-bond acceptors (Lipinski definition) is 12. The lowest BCUT2D eigenvalue weighted by atomic mass is 9.72. The molecule has 1 fully saturated rings. The summed E-state index contributed by atoms with van der Waals surface area (Å²) in [6.07, 6.45) is -0.530. The molecule has 57 heavy (non-hydrogen) atoms. The highest BCUT2D eigenvalue weighted by atomic mass is 35.5. The Balaban J connectivity index is 1.27. The van der Waals surface area contributed by atoms with Gasteiger partial charge in [0, 0.05) is 18.5 Å². The van der Waals surface area contributed by atoms with E-state index in [-0.39, 0.29) is 53.3 Å². The van der Waals surface area contributed by atoms with Gasteiger partial charge in [-0.2, -0.15) is 0 Å². The van der Waals surface area contributed by atoms with Gasteiger partial charge < -0.3 is 50.7 Å². The van der Waals surface area contributed by atoms with Gasteiger partial charge in [-0.05, 0) is 48.1 Å². The number of fused-ring (bicyclic) bond motifs is 1. The number of amides is 6. The van der Waals surface area contributed by atoms with Gasteiger partial charge in [-0.3, -0.25) is 14.2 Å². The Kier molecular flexibility index (Phi) is 12.6. The van der Waals surface area contributed by atoms with Crippen LogP contribution in [0.5, 0.6) is 5.75 Å². The standard InChI is InChI=1S/C32H35BClFN5O15PS/c1-15-13-20(41)26(42)24(34)22(15)28(43)36-9-2-12-57(53,54)40-11-10-39(32(40)48)31(47)38-25(16-3-6-18(7-4-16)56(50,51)52)29(44)37-21-14-17-5-8-19(35)23(30(45)46)27(17)55-33(21)49/h3-8,15,21,25,41-42,49H,2,9-14H2,1H3,(H,36,43)(H,37,44)(H,38,47)(H,45,46)(H2,50,51,52)/t15?,21-,25-/m0/s1. The van der Waals surface area contributed by atoms with Crippen molar-refractivity contribution in [1.82, 2.24) is 25.2 Å². The number of imide groups is 1. The number of carbonyl (C=O) groups is 5. The zero-order valence-corrected chi connectivity index (χ0v) is 32.1. The fourth-order valence-corrected chi connectivity index (χ4v) is 8.64. The van der Waals surface area contributed by atoms with Gasteiger partial charge in [0.05, 0.1) is 35.1 Å². The van der Waals surface area contributed by atoms with E-state index < -0.39 is 120 Å². The average Bonchev–Trinajstić information content (AvgIpc) is 3.53. The first-order chi connectivity index (χ1) is 26.6. The highest BCUT2D eigenvalue weighted by Gasteiger charge is 2.43. The molecule has 1 unspecified atom stereocenters. The van der Waals surface area contributed by atoms with Gasteiger partial charge in [0.25, 0.3) is 0 Å². The molecule has 20 nitrogen and oxygen atoms in total. The van der Waals surface area contributed by atoms with Gasteiger partial charge >= 0.3 is 32.7 Å². The van der Waals surface area contributed by atoms with Crippen molar-refractivity contribution in [2.75, 3.05) is 25.4 Å². The Labute approximate surface area is 328 Å². The number of aromatic carboxylic acids is 1. The van der Waals surface area contributed by atoms with E-state index in [2.05, 4.69) is 16.0 Å². The number of carbonyl (C=O) groups excluding carboxylic acids is 4. The van der Waals surface area contributed by atoms with Crippen LogP contribution in [-0.4, -0.2) is 116 Å². The van der Waals surface area contributed by atoms with Crippen molar-refractivity contribution in [2.45, 2.75) is 38.2 Å². The zero-order valence-electron chi connectivity index (χ0n) is 29.6. The van der Waals surface area contributed by atoms with Crippen molar-refractivity contribution in [3.8, 4) is 5.75 Å². The molecule has 25 heteroatoms. The summed E-state index contributed by atoms with van der Waals surface area (Å²) < 4.78 is 57.9. The fourth-order valence-electron chi connectivity index (χ4n) is 6.30. The van der Waals surface area contributed by atoms with Crippen LogP contribution in [0.4, 0.5) is 14.0 Å². The number of aliphatic hydroxyl groups is 2. The van der Waals surface area contributed by atoms with Crippen LogP contribution in [0, 0.1) is 11.7 Å². The van der Waals surface area contributed by atoms with Gasteiger partial charge in [-0.15, -0.1) is 0 Å². The monoisotopic (exact) mass is 857 g/mol. The van der Waals surface area contributed by atoms with Crippen LogP contribution in [0.1, 0.15) is 47.3 Å². The van der Waals surface area contributed by atoms with Gasteiger partial charge in [0.15, 0.2) is 5.76 Å². The SMILES string of the molecule is CC1CC(O)=C(O)C(Cl)=C1C(=O)NCCCS(=O)(=O)N1CCN(C(=O)N[C@H](C(=O)N[C@H]2Cc3ccc(F)c(C(=O)O)c3OB2O)c2ccc(P(=O)(O)O)cc2)C1=O. The summed E-state index contributed by atoms with van der Waals surface area (Å²) in [7, 11) is -11.0. The molecule has 1 aliphatic carbocycles. The van der Waals surface area contributed by atoms with E-state index in [1.54, 1.807) is 6.92 Å². The quantitative estimate of drug-likeness (QED) is 0.0804. The Morgan fingerprint density at radius 3 is 2.39 bits per heavy atom. The maximum atomic E-state index is 14.2. The third kappa shape index (κ3) is 9.19. The van der Waals surface area contributed by atoms with Crippen LogP contribution >= 0.6 is 19.2 Å². The first kappa shape index (κ1) is 42.9. The minimum absolute atomic E-state index is 0.0180. The number of allylic oxidation sites excluding steroid dienone is 2. The maximum Gasteiger partial charge on any atom is 0.547 e. The Bertz CT molecular complexity index is 2240. The van der Waals surface area contributed by atoms with Gasteiger partial charge in [-0.1, -0.05) is 36.7 Å². The number of nitrogens with one attached hydrogen (secondary N) is 3. The number of benzene rings is 2. The molecule has 2 aliphatic heterocycles. The second-order valence-corrected chi connectivity index (χ2v) is 17.1. The molecule has 2 aromatic rings. The molecule has 2 heterocycles. The number of halogens is 2. The van der Waals surface area contributed by atoms with Crippen LogP contribution in [0.3, 0.4) is 0 Å². The summed E-state index contributed by atoms with van der Waals surface area (Å²) in [6.45, 7) is 0.437. The van der Waals surface area contributed by atoms with Gasteiger partial charge in [-0.25, -0.2) is 36.4 Å². The van der Waals surface area contributed by atoms with E-state index in [0.29, 0.717) is 9.21 Å². The second kappa shape index (κ2) is 16.7. The van der Waals surface area contributed by atoms with E-state index in [4.69, 9.17) is 16.3 Å². The van der Waals surface area contributed by atoms with Gasteiger partial charge in [0.2, 0.25) is 21.8 Å². The molecule has 0 spiro atoms. The molecule has 1 saturated heterocycles. The molecule has 0 aromatic heterocycles. The summed E-state index contributed by atoms with van der Waals surface area (Å²) in [5, 5.41) is 46.1. The molecule has 3 aliphatic rings. The molecule has 2 aromatic carbocycles. The molecule has 9 N–H and O–H groups in total. The summed E-state index contributed by atoms with van der Waals surface area (Å²) in [4.78, 5) is 84.3. The van der Waals surface area contributed by atoms with Crippen LogP contribution < -0.4 is 25.9 Å². The fraction of sp³-hybridized carbons (Fsp3) is 0.344. The number of nitrogens with zero attached hydrogens (tertiary/aromatic N) is 2. The predicted octanol–water partition coefficient (Wildman–Crippen LogP) is 0.651. The Hall–Kier alpha value is -5.19. The average molecular weight is 858 g/mol. The number of aliphatic hydroxyl groups excluding tert-OH is 2. The summed E-state index contributed by atoms with van der Waals surface area (Å²) in [5.74, 6) is -8.62. The van der Waals surface area contributed by atoms with Crippen molar-refractivity contribution < 1.29 is 76.1 Å². The summed E-state index contributed by atoms with van der Waals surface area (Å²) in [5.41, 5.74) is -0.849. The molecule has 306 valence electrons. The topological polar surface area (TPSA) is 310 Å². The molecule has 6 amide bonds. The molecule has 0 saturated carbocycles. The van der Waals surface area contributed by atoms with Crippen molar-refractivity contribution in [1.29, 1.82) is 0 Å². The van der Waals surface area contributed by atoms with E-state index in [9.17, 15) is 71.5 Å². The van der Waals surface area contributed by atoms with E-state index >= 15 is 0 Å². The minimum atomic E-state index is -4.75. The molecule has 5 rings (SSSR count). The Morgan fingerprint density at radius 1 is 1.09 bits per heavy atom. The smallest absolute Gasteiger partial charge is 0.534 e. The molecular weight excluding hydrogens is 823 g/mol. The van der Waals surface area contributed by atoms with E-state index in [1.165, 1.54) is 6.07 Å². The number of carboxylic acids is 1. The number of rotatable bonds is 12. The number of sulfonamides is 1. The van der Waals surface area contributed by atoms with Crippen molar-refractivity contribution in [3.05, 3.63) is 81.0 Å². The molecule has 0 radical (unpaired) electrons. The number of carboxylic acid groups (broad SMARTS) is 1. The highest BCUT2D eigenvalue weighted by molar-refractivity contribution is 7.89. The zero-order chi connectivity index (χ0) is 42.1. The first-order valence-electron chi connectivity index (χ1n) is 16.9. The lowest BCUT2D eigenvalue weighted by Crippen LogP contribution is -2.56. The largest absolute Gasteiger partial charge is 0.547 e. The van der Waals surface area contributed by atoms with Crippen LogP contribution in [-0.2, 0) is 30.6 Å². The normalized spacial score (nSPS) is 19.2. The summed E-state index contributed by atoms with van der Waals surface area (Å²) >= 11 is 6.02. The third-order valence-corrected chi connectivity index (χ3v) is 12.4. The summed E-state index contributed by atoms with van der Waals surface area (Å²) in [6, 6.07) is 1.88. The van der Waals surface area contributed by atoms with E-state index in [0.717, 1.165) is 30.3 Å². The molecule has 3 atom stereocenters. The Morgan fingerprint density at radius 2 is 1.75 bits per heavy atom. The van der Waals surface area contributed by atoms with Gasteiger partial charge in [0.1, 0.15) is 28.9 Å². The lowest BCUT2D eigenvalue weighted by Gasteiger charge is -2.30. The van der Waals surface area contributed by atoms with Crippen molar-refractivity contribution in [2.24, 2.45) is 5.92 Å². The van der Waals surface area contributed by atoms with E-state index in [1.807, 2.05) is 0 Å². The van der Waals surface area contributed by atoms with Crippen molar-refractivity contribution in [3.63, 3.8) is 0 Å². The minimum Gasteiger partial charge on any atom is -0.534 e. The van der Waals surface area contributed by atoms with Crippen LogP contribution in [0.2, 0.25) is 0 Å². The maximum absolute atomic E-state index is 14.2. The number of urea groups is 2. The van der Waals surface area contributed by atoms with Crippen LogP contribution in [0.15, 0.2) is 58.5 Å². The second-order valence-electron chi connectivity index (χ2n) is 13.1. The van der Waals surface area contributed by atoms with Crippen LogP contribution in [0.25, 0.3) is 0 Å². The lowest BCUT2D eigenvalue weighted by molar-refractivity contribution is -0.123. The predicted molar refractivity (Wildman–Crippen MR) is 196 cm³/mol. The number of hydrogen-bond donors (Lipinski definition) is 9. The van der Waals surface area contributed by atoms with Crippen molar-refractivity contribution >= 4 is 71.5 Å². The highest BCUT2D eigenvalue weighted by Crippen LogP contribution is 2.36. The third-order valence-electron chi connectivity index (χ3n) is 9.22.